The second kappa shape index (κ2) is 6.22. The van der Waals surface area contributed by atoms with Crippen LogP contribution < -0.4 is 10.1 Å². The van der Waals surface area contributed by atoms with E-state index in [1.807, 2.05) is 0 Å². The van der Waals surface area contributed by atoms with E-state index in [4.69, 9.17) is 4.74 Å². The topological polar surface area (TPSA) is 38.3 Å². The number of nitrogens with one attached hydrogen (secondary N) is 1. The van der Waals surface area contributed by atoms with Crippen molar-refractivity contribution in [2.45, 2.75) is 24.9 Å². The Morgan fingerprint density at radius 2 is 1.54 bits per heavy atom. The van der Waals surface area contributed by atoms with Crippen LogP contribution in [0.1, 0.15) is 16.7 Å². The molecule has 1 aliphatic heterocycles. The van der Waals surface area contributed by atoms with Crippen molar-refractivity contribution in [3.8, 4) is 5.75 Å². The Morgan fingerprint density at radius 3 is 2.08 bits per heavy atom. The van der Waals surface area contributed by atoms with Crippen molar-refractivity contribution in [3.05, 3.63) is 59.2 Å². The van der Waals surface area contributed by atoms with E-state index in [2.05, 4.69) is 5.32 Å². The number of fused-ring (bicyclic) bond motifs is 1. The maximum Gasteiger partial charge on any atom is 0.416 e. The molecule has 1 heterocycles. The highest BCUT2D eigenvalue weighted by Crippen LogP contribution is 2.37. The molecule has 1 atom stereocenters. The summed E-state index contributed by atoms with van der Waals surface area (Å²) in [6, 6.07) is 7.65. The molecule has 26 heavy (non-hydrogen) atoms. The third kappa shape index (κ3) is 3.76. The van der Waals surface area contributed by atoms with Crippen LogP contribution in [0.5, 0.6) is 5.75 Å². The van der Waals surface area contributed by atoms with E-state index in [1.54, 1.807) is 24.3 Å². The molecule has 0 radical (unpaired) electrons. The molecule has 2 aromatic carbocycles. The van der Waals surface area contributed by atoms with Crippen LogP contribution in [0.4, 0.5) is 32.0 Å². The largest absolute Gasteiger partial charge is 0.480 e. The van der Waals surface area contributed by atoms with Crippen LogP contribution in [-0.2, 0) is 23.6 Å². The van der Waals surface area contributed by atoms with E-state index in [1.165, 1.54) is 0 Å². The number of carbonyl (C=O) groups is 1. The van der Waals surface area contributed by atoms with E-state index in [9.17, 15) is 31.1 Å². The molecule has 0 aliphatic carbocycles. The van der Waals surface area contributed by atoms with Crippen LogP contribution in [0.25, 0.3) is 0 Å². The minimum atomic E-state index is -4.99. The fraction of sp³-hybridized carbons (Fsp3) is 0.235. The third-order valence-corrected chi connectivity index (χ3v) is 3.79. The average molecular weight is 375 g/mol. The normalized spacial score (nSPS) is 16.8. The first kappa shape index (κ1) is 18.1. The van der Waals surface area contributed by atoms with Crippen LogP contribution >= 0.6 is 0 Å². The van der Waals surface area contributed by atoms with Gasteiger partial charge in [-0.05, 0) is 29.8 Å². The summed E-state index contributed by atoms with van der Waals surface area (Å²) in [5, 5.41) is 2.08. The van der Waals surface area contributed by atoms with Crippen LogP contribution in [0.3, 0.4) is 0 Å². The standard InChI is InChI=1S/C17H11F6NO2/c18-16(19,20)10-6-11(17(21,22)23)8-12(7-10)24-15(25)14-5-9-3-1-2-4-13(9)26-14/h1-4,6-8,14H,5H2,(H,24,25)/t14-/m1/s1. The Bertz CT molecular complexity index is 787. The summed E-state index contributed by atoms with van der Waals surface area (Å²) >= 11 is 0. The van der Waals surface area contributed by atoms with Gasteiger partial charge in [-0.1, -0.05) is 18.2 Å². The zero-order valence-corrected chi connectivity index (χ0v) is 12.9. The molecule has 138 valence electrons. The van der Waals surface area contributed by atoms with Crippen LogP contribution in [-0.4, -0.2) is 12.0 Å². The zero-order valence-electron chi connectivity index (χ0n) is 12.9. The number of hydrogen-bond acceptors (Lipinski definition) is 2. The minimum absolute atomic E-state index is 0.00240. The number of hydrogen-bond donors (Lipinski definition) is 1. The van der Waals surface area contributed by atoms with Crippen LogP contribution in [0.2, 0.25) is 0 Å². The van der Waals surface area contributed by atoms with Gasteiger partial charge in [-0.15, -0.1) is 0 Å². The molecule has 0 bridgehead atoms. The van der Waals surface area contributed by atoms with Crippen LogP contribution in [0, 0.1) is 0 Å². The summed E-state index contributed by atoms with van der Waals surface area (Å²) in [5.41, 5.74) is -2.87. The van der Waals surface area contributed by atoms with Crippen molar-refractivity contribution in [3.63, 3.8) is 0 Å². The van der Waals surface area contributed by atoms with E-state index in [0.717, 1.165) is 5.56 Å². The summed E-state index contributed by atoms with van der Waals surface area (Å²) in [6.45, 7) is 0. The highest BCUT2D eigenvalue weighted by atomic mass is 19.4. The molecule has 3 nitrogen and oxygen atoms in total. The summed E-state index contributed by atoms with van der Waals surface area (Å²) < 4.78 is 82.5. The first-order valence-electron chi connectivity index (χ1n) is 7.39. The molecule has 0 unspecified atom stereocenters. The molecule has 0 saturated carbocycles. The van der Waals surface area contributed by atoms with Gasteiger partial charge >= 0.3 is 12.4 Å². The highest BCUT2D eigenvalue weighted by molar-refractivity contribution is 5.95. The molecule has 9 heteroatoms. The summed E-state index contributed by atoms with van der Waals surface area (Å²) in [5.74, 6) is -0.374. The number of carbonyl (C=O) groups excluding carboxylic acids is 1. The molecule has 1 N–H and O–H groups in total. The number of halogens is 6. The van der Waals surface area contributed by atoms with Gasteiger partial charge < -0.3 is 10.1 Å². The van der Waals surface area contributed by atoms with Crippen LogP contribution in [0.15, 0.2) is 42.5 Å². The first-order valence-corrected chi connectivity index (χ1v) is 7.39. The smallest absolute Gasteiger partial charge is 0.416 e. The van der Waals surface area contributed by atoms with Gasteiger partial charge in [0.1, 0.15) is 5.75 Å². The lowest BCUT2D eigenvalue weighted by molar-refractivity contribution is -0.143. The van der Waals surface area contributed by atoms with Gasteiger partial charge in [0.05, 0.1) is 11.1 Å². The summed E-state index contributed by atoms with van der Waals surface area (Å²) in [4.78, 5) is 12.2. The molecular weight excluding hydrogens is 364 g/mol. The maximum absolute atomic E-state index is 12.8. The molecule has 0 fully saturated rings. The predicted octanol–water partition coefficient (Wildman–Crippen LogP) is 4.67. The van der Waals surface area contributed by atoms with Gasteiger partial charge in [0.25, 0.3) is 5.91 Å². The molecule has 1 aliphatic rings. The van der Waals surface area contributed by atoms with Gasteiger partial charge in [0, 0.05) is 12.1 Å². The van der Waals surface area contributed by atoms with Crippen molar-refractivity contribution >= 4 is 11.6 Å². The second-order valence-electron chi connectivity index (χ2n) is 5.70. The van der Waals surface area contributed by atoms with Crippen molar-refractivity contribution in [2.75, 3.05) is 5.32 Å². The van der Waals surface area contributed by atoms with Gasteiger partial charge in [-0.25, -0.2) is 0 Å². The van der Waals surface area contributed by atoms with Crippen molar-refractivity contribution in [1.82, 2.24) is 0 Å². The predicted molar refractivity (Wildman–Crippen MR) is 79.6 cm³/mol. The molecular formula is C17H11F6NO2. The Hall–Kier alpha value is -2.71. The number of ether oxygens (including phenoxy) is 1. The van der Waals surface area contributed by atoms with Crippen molar-refractivity contribution < 1.29 is 35.9 Å². The van der Waals surface area contributed by atoms with Crippen molar-refractivity contribution in [1.29, 1.82) is 0 Å². The number of benzene rings is 2. The van der Waals surface area contributed by atoms with E-state index in [-0.39, 0.29) is 12.5 Å². The molecule has 1 amide bonds. The van der Waals surface area contributed by atoms with Gasteiger partial charge in [-0.2, -0.15) is 26.3 Å². The van der Waals surface area contributed by atoms with Gasteiger partial charge in [0.2, 0.25) is 0 Å². The fourth-order valence-electron chi connectivity index (χ4n) is 2.58. The Labute approximate surface area is 143 Å². The van der Waals surface area contributed by atoms with Gasteiger partial charge in [0.15, 0.2) is 6.10 Å². The average Bonchev–Trinajstić information content (AvgIpc) is 2.97. The lowest BCUT2D eigenvalue weighted by atomic mass is 10.1. The molecule has 0 aromatic heterocycles. The Balaban J connectivity index is 1.84. The number of para-hydroxylation sites is 1. The first-order chi connectivity index (χ1) is 12.0. The van der Waals surface area contributed by atoms with E-state index >= 15 is 0 Å². The monoisotopic (exact) mass is 375 g/mol. The SMILES string of the molecule is O=C(Nc1cc(C(F)(F)F)cc(C(F)(F)F)c1)[C@H]1Cc2ccccc2O1. The van der Waals surface area contributed by atoms with Crippen molar-refractivity contribution in [2.24, 2.45) is 0 Å². The molecule has 0 spiro atoms. The molecule has 2 aromatic rings. The van der Waals surface area contributed by atoms with E-state index in [0.29, 0.717) is 17.9 Å². The second-order valence-corrected chi connectivity index (χ2v) is 5.70. The molecule has 3 rings (SSSR count). The zero-order chi connectivity index (χ0) is 19.1. The summed E-state index contributed by atoms with van der Waals surface area (Å²) in [7, 11) is 0. The van der Waals surface area contributed by atoms with E-state index < -0.39 is 41.2 Å². The quantitative estimate of drug-likeness (QED) is 0.775. The number of alkyl halides is 6. The Morgan fingerprint density at radius 1 is 0.962 bits per heavy atom. The Kier molecular flexibility index (Phi) is 4.33. The lowest BCUT2D eigenvalue weighted by Gasteiger charge is -2.16. The number of anilines is 1. The third-order valence-electron chi connectivity index (χ3n) is 3.79. The maximum atomic E-state index is 12.8. The fourth-order valence-corrected chi connectivity index (χ4v) is 2.58. The summed E-state index contributed by atoms with van der Waals surface area (Å²) in [6.07, 6.45) is -10.8. The highest BCUT2D eigenvalue weighted by Gasteiger charge is 2.37. The lowest BCUT2D eigenvalue weighted by Crippen LogP contribution is -2.31. The number of rotatable bonds is 2. The number of amides is 1. The minimum Gasteiger partial charge on any atom is -0.480 e. The molecule has 0 saturated heterocycles. The van der Waals surface area contributed by atoms with Gasteiger partial charge in [-0.3, -0.25) is 4.79 Å².